The highest BCUT2D eigenvalue weighted by Gasteiger charge is 2.15. The molecule has 0 aliphatic rings. The molecule has 0 spiro atoms. The summed E-state index contributed by atoms with van der Waals surface area (Å²) in [4.78, 5) is 25.6. The molecule has 2 aromatic rings. The Morgan fingerprint density at radius 3 is 2.71 bits per heavy atom. The highest BCUT2D eigenvalue weighted by atomic mass is 32.1. The van der Waals surface area contributed by atoms with Gasteiger partial charge in [0.2, 0.25) is 0 Å². The highest BCUT2D eigenvalue weighted by molar-refractivity contribution is 7.14. The van der Waals surface area contributed by atoms with E-state index in [4.69, 9.17) is 9.52 Å². The van der Waals surface area contributed by atoms with E-state index in [0.717, 1.165) is 22.5 Å². The van der Waals surface area contributed by atoms with Crippen molar-refractivity contribution in [2.24, 2.45) is 0 Å². The van der Waals surface area contributed by atoms with Crippen molar-refractivity contribution in [3.05, 3.63) is 51.6 Å². The Kier molecular flexibility index (Phi) is 4.59. The Bertz CT molecular complexity index is 683. The molecular weight excluding hydrogens is 290 g/mol. The van der Waals surface area contributed by atoms with Crippen LogP contribution in [-0.2, 0) is 11.3 Å². The van der Waals surface area contributed by atoms with Crippen LogP contribution >= 0.6 is 11.3 Å². The Morgan fingerprint density at radius 2 is 2.10 bits per heavy atom. The molecule has 0 saturated heterocycles. The van der Waals surface area contributed by atoms with Crippen LogP contribution in [0.1, 0.15) is 26.1 Å². The summed E-state index contributed by atoms with van der Waals surface area (Å²) in [5.74, 6) is 0.402. The van der Waals surface area contributed by atoms with Crippen LogP contribution in [0, 0.1) is 6.92 Å². The van der Waals surface area contributed by atoms with Crippen LogP contribution in [0.2, 0.25) is 0 Å². The highest BCUT2D eigenvalue weighted by Crippen LogP contribution is 2.20. The lowest BCUT2D eigenvalue weighted by Crippen LogP contribution is -2.25. The minimum atomic E-state index is -1.01. The normalized spacial score (nSPS) is 11.0. The Labute approximate surface area is 126 Å². The maximum Gasteiger partial charge on any atom is 0.328 e. The first-order valence-electron chi connectivity index (χ1n) is 6.27. The Balaban J connectivity index is 2.03. The number of aliphatic carboxylic acids is 1. The Hall–Kier alpha value is -2.34. The number of carboxylic acid groups (broad SMARTS) is 1. The fourth-order valence-electron chi connectivity index (χ4n) is 1.77. The third kappa shape index (κ3) is 4.06. The molecular formula is C15H15NO4S. The zero-order valence-electron chi connectivity index (χ0n) is 11.7. The average Bonchev–Trinajstić information content (AvgIpc) is 3.04. The number of carbonyl (C=O) groups excluding carboxylic acids is 1. The van der Waals surface area contributed by atoms with E-state index in [1.807, 2.05) is 19.1 Å². The molecule has 0 radical (unpaired) electrons. The molecule has 0 unspecified atom stereocenters. The molecule has 0 aromatic carbocycles. The quantitative estimate of drug-likeness (QED) is 0.862. The van der Waals surface area contributed by atoms with Crippen molar-refractivity contribution in [1.29, 1.82) is 0 Å². The van der Waals surface area contributed by atoms with Gasteiger partial charge < -0.3 is 14.4 Å². The molecule has 1 N–H and O–H groups in total. The molecule has 0 aliphatic heterocycles. The molecule has 21 heavy (non-hydrogen) atoms. The maximum absolute atomic E-state index is 12.3. The van der Waals surface area contributed by atoms with E-state index in [1.54, 1.807) is 24.1 Å². The summed E-state index contributed by atoms with van der Waals surface area (Å²) in [5.41, 5.74) is 0. The number of thiophene rings is 1. The Morgan fingerprint density at radius 1 is 1.33 bits per heavy atom. The van der Waals surface area contributed by atoms with Crippen molar-refractivity contribution in [3.8, 4) is 0 Å². The monoisotopic (exact) mass is 305 g/mol. The maximum atomic E-state index is 12.3. The largest absolute Gasteiger partial charge is 0.478 e. The van der Waals surface area contributed by atoms with E-state index >= 15 is 0 Å². The fourth-order valence-corrected chi connectivity index (χ4v) is 2.68. The first-order valence-corrected chi connectivity index (χ1v) is 7.09. The number of carboxylic acids is 1. The van der Waals surface area contributed by atoms with Gasteiger partial charge in [-0.25, -0.2) is 4.79 Å². The van der Waals surface area contributed by atoms with E-state index in [0.29, 0.717) is 11.4 Å². The van der Waals surface area contributed by atoms with Gasteiger partial charge in [0.1, 0.15) is 11.5 Å². The van der Waals surface area contributed by atoms with Crippen molar-refractivity contribution in [2.45, 2.75) is 13.5 Å². The molecule has 0 fully saturated rings. The molecule has 0 aliphatic carbocycles. The number of furan rings is 1. The van der Waals surface area contributed by atoms with E-state index in [-0.39, 0.29) is 5.91 Å². The first-order chi connectivity index (χ1) is 9.95. The SMILES string of the molecule is Cc1ccc(CN(C)C(=O)c2ccc(C=CC(=O)O)s2)o1. The van der Waals surface area contributed by atoms with Crippen molar-refractivity contribution in [3.63, 3.8) is 0 Å². The molecule has 2 rings (SSSR count). The molecule has 2 aromatic heterocycles. The van der Waals surface area contributed by atoms with Crippen LogP contribution in [0.25, 0.3) is 6.08 Å². The van der Waals surface area contributed by atoms with Crippen molar-refractivity contribution in [2.75, 3.05) is 7.05 Å². The summed E-state index contributed by atoms with van der Waals surface area (Å²) < 4.78 is 5.44. The third-order valence-electron chi connectivity index (χ3n) is 2.76. The van der Waals surface area contributed by atoms with E-state index in [1.165, 1.54) is 17.4 Å². The number of rotatable bonds is 5. The zero-order valence-corrected chi connectivity index (χ0v) is 12.5. The van der Waals surface area contributed by atoms with Crippen LogP contribution < -0.4 is 0 Å². The number of carbonyl (C=O) groups is 2. The summed E-state index contributed by atoms with van der Waals surface area (Å²) in [7, 11) is 1.70. The van der Waals surface area contributed by atoms with Gasteiger partial charge in [0.05, 0.1) is 11.4 Å². The fraction of sp³-hybridized carbons (Fsp3) is 0.200. The second-order valence-corrected chi connectivity index (χ2v) is 5.66. The minimum Gasteiger partial charge on any atom is -0.478 e. The zero-order chi connectivity index (χ0) is 15.4. The summed E-state index contributed by atoms with van der Waals surface area (Å²) in [6, 6.07) is 7.11. The lowest BCUT2D eigenvalue weighted by atomic mass is 10.3. The number of nitrogens with zero attached hydrogens (tertiary/aromatic N) is 1. The third-order valence-corrected chi connectivity index (χ3v) is 3.80. The van der Waals surface area contributed by atoms with Crippen molar-refractivity contribution < 1.29 is 19.1 Å². The first kappa shape index (κ1) is 15.1. The number of hydrogen-bond acceptors (Lipinski definition) is 4. The summed E-state index contributed by atoms with van der Waals surface area (Å²) >= 11 is 1.26. The van der Waals surface area contributed by atoms with Crippen LogP contribution in [0.4, 0.5) is 0 Å². The lowest BCUT2D eigenvalue weighted by molar-refractivity contribution is -0.131. The van der Waals surface area contributed by atoms with Crippen LogP contribution in [0.5, 0.6) is 0 Å². The number of amides is 1. The number of aryl methyl sites for hydroxylation is 1. The van der Waals surface area contributed by atoms with Gasteiger partial charge in [-0.05, 0) is 37.3 Å². The lowest BCUT2D eigenvalue weighted by Gasteiger charge is -2.14. The van der Waals surface area contributed by atoms with Gasteiger partial charge >= 0.3 is 5.97 Å². The molecule has 0 saturated carbocycles. The molecule has 0 bridgehead atoms. The molecule has 1 amide bonds. The minimum absolute atomic E-state index is 0.121. The molecule has 0 atom stereocenters. The topological polar surface area (TPSA) is 70.8 Å². The van der Waals surface area contributed by atoms with Gasteiger partial charge in [-0.2, -0.15) is 0 Å². The van der Waals surface area contributed by atoms with Gasteiger partial charge in [0, 0.05) is 18.0 Å². The van der Waals surface area contributed by atoms with Crippen molar-refractivity contribution >= 4 is 29.3 Å². The molecule has 2 heterocycles. The van der Waals surface area contributed by atoms with E-state index in [2.05, 4.69) is 0 Å². The molecule has 110 valence electrons. The van der Waals surface area contributed by atoms with E-state index < -0.39 is 5.97 Å². The van der Waals surface area contributed by atoms with Crippen molar-refractivity contribution in [1.82, 2.24) is 4.90 Å². The molecule has 6 heteroatoms. The summed E-state index contributed by atoms with van der Waals surface area (Å²) in [6.45, 7) is 2.25. The standard InChI is InChI=1S/C15H15NO4S/c1-10-3-4-11(20-10)9-16(2)15(19)13-7-5-12(21-13)6-8-14(17)18/h3-8H,9H2,1-2H3,(H,17,18). The predicted molar refractivity (Wildman–Crippen MR) is 80.2 cm³/mol. The van der Waals surface area contributed by atoms with Gasteiger partial charge in [-0.1, -0.05) is 0 Å². The second kappa shape index (κ2) is 6.41. The number of hydrogen-bond donors (Lipinski definition) is 1. The smallest absolute Gasteiger partial charge is 0.328 e. The predicted octanol–water partition coefficient (Wildman–Crippen LogP) is 3.02. The van der Waals surface area contributed by atoms with Gasteiger partial charge in [0.25, 0.3) is 5.91 Å². The van der Waals surface area contributed by atoms with Crippen LogP contribution in [0.3, 0.4) is 0 Å². The summed E-state index contributed by atoms with van der Waals surface area (Å²) in [5, 5.41) is 8.58. The van der Waals surface area contributed by atoms with Gasteiger partial charge in [-0.3, -0.25) is 4.79 Å². The second-order valence-electron chi connectivity index (χ2n) is 4.55. The van der Waals surface area contributed by atoms with E-state index in [9.17, 15) is 9.59 Å². The van der Waals surface area contributed by atoms with Crippen LogP contribution in [-0.4, -0.2) is 28.9 Å². The molecule has 5 nitrogen and oxygen atoms in total. The average molecular weight is 305 g/mol. The van der Waals surface area contributed by atoms with Gasteiger partial charge in [-0.15, -0.1) is 11.3 Å². The van der Waals surface area contributed by atoms with Gasteiger partial charge in [0.15, 0.2) is 0 Å². The summed E-state index contributed by atoms with van der Waals surface area (Å²) in [6.07, 6.45) is 2.52. The van der Waals surface area contributed by atoms with Crippen LogP contribution in [0.15, 0.2) is 34.8 Å².